The Labute approximate surface area is 165 Å². The summed E-state index contributed by atoms with van der Waals surface area (Å²) < 4.78 is 39.3. The van der Waals surface area contributed by atoms with Gasteiger partial charge in [-0.2, -0.15) is 13.2 Å². The Morgan fingerprint density at radius 1 is 1.29 bits per heavy atom. The molecule has 1 amide bonds. The molecule has 0 aromatic carbocycles. The van der Waals surface area contributed by atoms with Crippen LogP contribution in [-0.2, 0) is 23.9 Å². The molecule has 4 heterocycles. The van der Waals surface area contributed by atoms with Crippen LogP contribution in [0.1, 0.15) is 34.8 Å². The molecule has 5 nitrogen and oxygen atoms in total. The van der Waals surface area contributed by atoms with Crippen LogP contribution in [0.4, 0.5) is 19.0 Å². The van der Waals surface area contributed by atoms with Gasteiger partial charge in [0.15, 0.2) is 0 Å². The summed E-state index contributed by atoms with van der Waals surface area (Å²) in [6.45, 7) is 3.76. The monoisotopic (exact) mass is 410 g/mol. The van der Waals surface area contributed by atoms with E-state index in [2.05, 4.69) is 21.4 Å². The summed E-state index contributed by atoms with van der Waals surface area (Å²) in [5.74, 6) is 0.192. The van der Waals surface area contributed by atoms with E-state index in [4.69, 9.17) is 0 Å². The molecule has 0 spiro atoms. The van der Waals surface area contributed by atoms with Crippen LogP contribution in [0.3, 0.4) is 0 Å². The molecule has 0 aliphatic carbocycles. The number of carbonyl (C=O) groups is 1. The second-order valence-corrected chi connectivity index (χ2v) is 8.32. The number of amides is 1. The van der Waals surface area contributed by atoms with E-state index in [1.165, 1.54) is 17.4 Å². The number of carbonyl (C=O) groups excluding carboxylic acids is 1. The highest BCUT2D eigenvalue weighted by Crippen LogP contribution is 2.32. The van der Waals surface area contributed by atoms with E-state index in [0.717, 1.165) is 25.3 Å². The zero-order valence-electron chi connectivity index (χ0n) is 15.5. The number of piperidine rings is 1. The van der Waals surface area contributed by atoms with Gasteiger partial charge >= 0.3 is 6.18 Å². The minimum absolute atomic E-state index is 0.0827. The molecule has 28 heavy (non-hydrogen) atoms. The number of hydrogen-bond acceptors (Lipinski definition) is 5. The van der Waals surface area contributed by atoms with Crippen molar-refractivity contribution in [1.82, 2.24) is 14.9 Å². The van der Waals surface area contributed by atoms with Gasteiger partial charge in [0, 0.05) is 37.1 Å². The minimum atomic E-state index is -4.51. The highest BCUT2D eigenvalue weighted by atomic mass is 32.1. The molecule has 0 saturated carbocycles. The number of aryl methyl sites for hydroxylation is 1. The summed E-state index contributed by atoms with van der Waals surface area (Å²) in [5, 5.41) is 2.05. The van der Waals surface area contributed by atoms with Crippen LogP contribution < -0.4 is 4.90 Å². The molecule has 2 aromatic heterocycles. The van der Waals surface area contributed by atoms with E-state index in [-0.39, 0.29) is 23.5 Å². The van der Waals surface area contributed by atoms with E-state index in [9.17, 15) is 18.0 Å². The molecule has 9 heteroatoms. The molecular weight excluding hydrogens is 389 g/mol. The summed E-state index contributed by atoms with van der Waals surface area (Å²) in [7, 11) is 0. The molecular formula is C19H21F3N4OS. The highest BCUT2D eigenvalue weighted by Gasteiger charge is 2.35. The van der Waals surface area contributed by atoms with Crippen molar-refractivity contribution in [2.45, 2.75) is 38.9 Å². The molecule has 1 atom stereocenters. The lowest BCUT2D eigenvalue weighted by molar-refractivity contribution is -0.141. The minimum Gasteiger partial charge on any atom is -0.356 e. The Morgan fingerprint density at radius 2 is 2.11 bits per heavy atom. The van der Waals surface area contributed by atoms with Crippen molar-refractivity contribution < 1.29 is 18.0 Å². The van der Waals surface area contributed by atoms with Gasteiger partial charge in [-0.15, -0.1) is 11.3 Å². The van der Waals surface area contributed by atoms with Gasteiger partial charge in [-0.25, -0.2) is 9.97 Å². The SMILES string of the molecule is Cc1nc(N2CCCC(C(=O)N3CCc4sccc4C3)C2)cc(C(F)(F)F)n1. The zero-order valence-corrected chi connectivity index (χ0v) is 16.3. The molecule has 1 unspecified atom stereocenters. The lowest BCUT2D eigenvalue weighted by Gasteiger charge is -2.37. The van der Waals surface area contributed by atoms with Gasteiger partial charge in [0.1, 0.15) is 17.3 Å². The topological polar surface area (TPSA) is 49.3 Å². The van der Waals surface area contributed by atoms with Crippen LogP contribution in [0.2, 0.25) is 0 Å². The van der Waals surface area contributed by atoms with Crippen molar-refractivity contribution in [3.05, 3.63) is 39.5 Å². The first-order valence-corrected chi connectivity index (χ1v) is 10.2. The van der Waals surface area contributed by atoms with Gasteiger partial charge in [-0.1, -0.05) is 0 Å². The summed E-state index contributed by atoms with van der Waals surface area (Å²) >= 11 is 1.72. The first kappa shape index (κ1) is 19.2. The molecule has 2 aliphatic heterocycles. The van der Waals surface area contributed by atoms with Crippen molar-refractivity contribution in [1.29, 1.82) is 0 Å². The molecule has 2 aliphatic rings. The van der Waals surface area contributed by atoms with Gasteiger partial charge in [-0.3, -0.25) is 4.79 Å². The van der Waals surface area contributed by atoms with Gasteiger partial charge in [-0.05, 0) is 43.2 Å². The van der Waals surface area contributed by atoms with Gasteiger partial charge in [0.25, 0.3) is 0 Å². The average Bonchev–Trinajstić information content (AvgIpc) is 3.14. The predicted octanol–water partition coefficient (Wildman–Crippen LogP) is 3.67. The van der Waals surface area contributed by atoms with Gasteiger partial charge in [0.2, 0.25) is 5.91 Å². The van der Waals surface area contributed by atoms with Crippen LogP contribution in [0, 0.1) is 12.8 Å². The molecule has 0 radical (unpaired) electrons. The Kier molecular flexibility index (Phi) is 5.03. The summed E-state index contributed by atoms with van der Waals surface area (Å²) in [5.41, 5.74) is 0.267. The van der Waals surface area contributed by atoms with E-state index in [1.54, 1.807) is 16.2 Å². The summed E-state index contributed by atoms with van der Waals surface area (Å²) in [6, 6.07) is 3.05. The van der Waals surface area contributed by atoms with Crippen molar-refractivity contribution in [2.24, 2.45) is 5.92 Å². The third-order valence-electron chi connectivity index (χ3n) is 5.33. The second kappa shape index (κ2) is 7.35. The third-order valence-corrected chi connectivity index (χ3v) is 6.35. The molecule has 0 N–H and O–H groups in total. The van der Waals surface area contributed by atoms with E-state index in [1.807, 2.05) is 4.90 Å². The maximum absolute atomic E-state index is 13.1. The fraction of sp³-hybridized carbons (Fsp3) is 0.526. The normalized spacial score (nSPS) is 20.2. The predicted molar refractivity (Wildman–Crippen MR) is 100 cm³/mol. The van der Waals surface area contributed by atoms with Gasteiger partial charge in [0.05, 0.1) is 5.92 Å². The number of hydrogen-bond donors (Lipinski definition) is 0. The molecule has 4 rings (SSSR count). The largest absolute Gasteiger partial charge is 0.433 e. The Balaban J connectivity index is 1.49. The third kappa shape index (κ3) is 3.85. The summed E-state index contributed by atoms with van der Waals surface area (Å²) in [4.78, 5) is 25.8. The molecule has 150 valence electrons. The first-order chi connectivity index (χ1) is 13.3. The van der Waals surface area contributed by atoms with Gasteiger partial charge < -0.3 is 9.80 Å². The molecule has 1 saturated heterocycles. The number of aromatic nitrogens is 2. The zero-order chi connectivity index (χ0) is 19.9. The lowest BCUT2D eigenvalue weighted by Crippen LogP contribution is -2.46. The van der Waals surface area contributed by atoms with Crippen LogP contribution in [0.5, 0.6) is 0 Å². The maximum Gasteiger partial charge on any atom is 0.433 e. The number of halogens is 3. The molecule has 0 bridgehead atoms. The fourth-order valence-corrected chi connectivity index (χ4v) is 4.83. The number of anilines is 1. The average molecular weight is 410 g/mol. The summed E-state index contributed by atoms with van der Waals surface area (Å²) in [6.07, 6.45) is -2.15. The number of nitrogens with zero attached hydrogens (tertiary/aromatic N) is 4. The van der Waals surface area contributed by atoms with Crippen LogP contribution in [0.25, 0.3) is 0 Å². The van der Waals surface area contributed by atoms with Crippen molar-refractivity contribution in [2.75, 3.05) is 24.5 Å². The smallest absolute Gasteiger partial charge is 0.356 e. The number of fused-ring (bicyclic) bond motifs is 1. The van der Waals surface area contributed by atoms with Crippen molar-refractivity contribution in [3.63, 3.8) is 0 Å². The van der Waals surface area contributed by atoms with E-state index < -0.39 is 11.9 Å². The van der Waals surface area contributed by atoms with Crippen molar-refractivity contribution >= 4 is 23.1 Å². The fourth-order valence-electron chi connectivity index (χ4n) is 3.94. The van der Waals surface area contributed by atoms with E-state index in [0.29, 0.717) is 26.2 Å². The van der Waals surface area contributed by atoms with Crippen LogP contribution >= 0.6 is 11.3 Å². The number of alkyl halides is 3. The number of thiophene rings is 1. The van der Waals surface area contributed by atoms with Crippen LogP contribution in [-0.4, -0.2) is 40.4 Å². The van der Waals surface area contributed by atoms with Crippen molar-refractivity contribution in [3.8, 4) is 0 Å². The Morgan fingerprint density at radius 3 is 2.89 bits per heavy atom. The molecule has 2 aromatic rings. The quantitative estimate of drug-likeness (QED) is 0.758. The molecule has 1 fully saturated rings. The Hall–Kier alpha value is -2.16. The van der Waals surface area contributed by atoms with Crippen LogP contribution in [0.15, 0.2) is 17.5 Å². The number of rotatable bonds is 2. The maximum atomic E-state index is 13.1. The lowest BCUT2D eigenvalue weighted by atomic mass is 9.95. The standard InChI is InChI=1S/C19H21F3N4OS/c1-12-23-16(19(20,21)22)9-17(24-12)25-6-2-3-14(11-25)18(27)26-7-4-15-13(10-26)5-8-28-15/h5,8-9,14H,2-4,6-7,10-11H2,1H3. The Bertz CT molecular complexity index is 882. The highest BCUT2D eigenvalue weighted by molar-refractivity contribution is 7.10. The first-order valence-electron chi connectivity index (χ1n) is 9.33. The van der Waals surface area contributed by atoms with E-state index >= 15 is 0 Å². The second-order valence-electron chi connectivity index (χ2n) is 7.32.